The van der Waals surface area contributed by atoms with Crippen LogP contribution in [0.2, 0.25) is 10.0 Å². The van der Waals surface area contributed by atoms with Crippen molar-refractivity contribution in [1.29, 1.82) is 0 Å². The molecule has 24 heavy (non-hydrogen) atoms. The predicted octanol–water partition coefficient (Wildman–Crippen LogP) is 4.01. The molecular weight excluding hydrogens is 347 g/mol. The van der Waals surface area contributed by atoms with Crippen LogP contribution in [0.3, 0.4) is 0 Å². The molecule has 6 heteroatoms. The van der Waals surface area contributed by atoms with Crippen LogP contribution in [0.15, 0.2) is 54.6 Å². The van der Waals surface area contributed by atoms with Crippen LogP contribution in [0.4, 0.5) is 0 Å². The minimum Gasteiger partial charge on any atom is -0.273 e. The number of carbonyl (C=O) groups excluding carboxylic acids is 2. The lowest BCUT2D eigenvalue weighted by atomic mass is 10.0. The topological polar surface area (TPSA) is 49.4 Å². The van der Waals surface area contributed by atoms with E-state index in [1.54, 1.807) is 24.3 Å². The van der Waals surface area contributed by atoms with Gasteiger partial charge in [0.1, 0.15) is 0 Å². The Balaban J connectivity index is 1.80. The molecule has 0 aromatic heterocycles. The summed E-state index contributed by atoms with van der Waals surface area (Å²) in [5.74, 6) is -0.504. The maximum absolute atomic E-state index is 12.5. The molecule has 3 rings (SSSR count). The molecule has 2 amide bonds. The van der Waals surface area contributed by atoms with E-state index in [2.05, 4.69) is 5.43 Å². The molecule has 1 aliphatic rings. The van der Waals surface area contributed by atoms with Gasteiger partial charge in [0.25, 0.3) is 5.91 Å². The van der Waals surface area contributed by atoms with Crippen LogP contribution in [0.1, 0.15) is 23.6 Å². The number of hydrogen-bond acceptors (Lipinski definition) is 2. The number of carbonyl (C=O) groups is 2. The second-order valence-electron chi connectivity index (χ2n) is 5.37. The van der Waals surface area contributed by atoms with Gasteiger partial charge in [0.05, 0.1) is 12.5 Å². The third-order valence-electron chi connectivity index (χ3n) is 3.73. The van der Waals surface area contributed by atoms with E-state index in [1.165, 1.54) is 11.1 Å². The molecule has 1 aliphatic heterocycles. The van der Waals surface area contributed by atoms with Crippen LogP contribution in [0.5, 0.6) is 0 Å². The quantitative estimate of drug-likeness (QED) is 0.840. The lowest BCUT2D eigenvalue weighted by molar-refractivity contribution is -0.133. The van der Waals surface area contributed by atoms with Crippen LogP contribution in [0.25, 0.3) is 6.08 Å². The van der Waals surface area contributed by atoms with E-state index in [0.717, 1.165) is 5.56 Å². The van der Waals surface area contributed by atoms with Crippen molar-refractivity contribution in [3.63, 3.8) is 0 Å². The highest BCUT2D eigenvalue weighted by atomic mass is 35.5. The van der Waals surface area contributed by atoms with E-state index in [1.807, 2.05) is 30.3 Å². The minimum absolute atomic E-state index is 0.185. The van der Waals surface area contributed by atoms with E-state index in [-0.39, 0.29) is 24.3 Å². The van der Waals surface area contributed by atoms with Gasteiger partial charge in [0, 0.05) is 16.1 Å². The van der Waals surface area contributed by atoms with Gasteiger partial charge >= 0.3 is 0 Å². The van der Waals surface area contributed by atoms with Crippen LogP contribution in [-0.4, -0.2) is 16.8 Å². The van der Waals surface area contributed by atoms with Crippen LogP contribution in [-0.2, 0) is 9.59 Å². The molecule has 0 bridgehead atoms. The molecular formula is C18H14Cl2N2O2. The monoisotopic (exact) mass is 360 g/mol. The predicted molar refractivity (Wildman–Crippen MR) is 94.3 cm³/mol. The summed E-state index contributed by atoms with van der Waals surface area (Å²) >= 11 is 11.9. The second-order valence-corrected chi connectivity index (χ2v) is 6.22. The van der Waals surface area contributed by atoms with Gasteiger partial charge in [-0.25, -0.2) is 5.01 Å². The van der Waals surface area contributed by atoms with Crippen molar-refractivity contribution in [2.75, 3.05) is 0 Å². The first-order valence-corrected chi connectivity index (χ1v) is 8.11. The number of hydrogen-bond donors (Lipinski definition) is 1. The van der Waals surface area contributed by atoms with Crippen LogP contribution in [0, 0.1) is 0 Å². The summed E-state index contributed by atoms with van der Waals surface area (Å²) in [5.41, 5.74) is 4.18. The van der Waals surface area contributed by atoms with E-state index in [9.17, 15) is 9.59 Å². The Morgan fingerprint density at radius 1 is 1.17 bits per heavy atom. The smallest absolute Gasteiger partial charge is 0.265 e. The molecule has 1 N–H and O–H groups in total. The Kier molecular flexibility index (Phi) is 4.88. The summed E-state index contributed by atoms with van der Waals surface area (Å²) in [4.78, 5) is 24.2. The summed E-state index contributed by atoms with van der Waals surface area (Å²) in [7, 11) is 0. The largest absolute Gasteiger partial charge is 0.273 e. The molecule has 1 heterocycles. The van der Waals surface area contributed by atoms with Crippen molar-refractivity contribution in [3.8, 4) is 0 Å². The van der Waals surface area contributed by atoms with Gasteiger partial charge in [0.2, 0.25) is 5.91 Å². The first-order chi connectivity index (χ1) is 11.5. The van der Waals surface area contributed by atoms with Gasteiger partial charge in [-0.15, -0.1) is 0 Å². The van der Waals surface area contributed by atoms with Crippen LogP contribution >= 0.6 is 23.2 Å². The third kappa shape index (κ3) is 3.61. The normalized spacial score (nSPS) is 17.3. The van der Waals surface area contributed by atoms with Crippen LogP contribution < -0.4 is 5.43 Å². The summed E-state index contributed by atoms with van der Waals surface area (Å²) in [6, 6.07) is 14.1. The Labute approximate surface area is 149 Å². The summed E-state index contributed by atoms with van der Waals surface area (Å²) in [5, 5.41) is 2.33. The molecule has 0 aliphatic carbocycles. The Morgan fingerprint density at radius 2 is 1.92 bits per heavy atom. The van der Waals surface area contributed by atoms with Gasteiger partial charge in [-0.2, -0.15) is 0 Å². The number of benzene rings is 2. The Hall–Kier alpha value is -2.30. The van der Waals surface area contributed by atoms with E-state index in [0.29, 0.717) is 15.6 Å². The zero-order chi connectivity index (χ0) is 17.1. The maximum Gasteiger partial charge on any atom is 0.265 e. The summed E-state index contributed by atoms with van der Waals surface area (Å²) in [6.07, 6.45) is 3.23. The van der Waals surface area contributed by atoms with Crippen molar-refractivity contribution in [2.45, 2.75) is 12.5 Å². The fourth-order valence-electron chi connectivity index (χ4n) is 2.55. The summed E-state index contributed by atoms with van der Waals surface area (Å²) < 4.78 is 0. The first kappa shape index (κ1) is 16.6. The fraction of sp³-hybridized carbons (Fsp3) is 0.111. The molecule has 2 aromatic rings. The van der Waals surface area contributed by atoms with Gasteiger partial charge in [0.15, 0.2) is 0 Å². The summed E-state index contributed by atoms with van der Waals surface area (Å²) in [6.45, 7) is 0. The van der Waals surface area contributed by atoms with E-state index < -0.39 is 0 Å². The number of nitrogens with one attached hydrogen (secondary N) is 1. The SMILES string of the molecule is O=C1CC(c2ccccc2)N(C(=O)C=Cc2ccc(Cl)cc2Cl)N1. The van der Waals surface area contributed by atoms with Gasteiger partial charge in [-0.1, -0.05) is 59.6 Å². The fourth-order valence-corrected chi connectivity index (χ4v) is 3.03. The second kappa shape index (κ2) is 7.07. The van der Waals surface area contributed by atoms with Crippen molar-refractivity contribution in [3.05, 3.63) is 75.8 Å². The van der Waals surface area contributed by atoms with Crippen molar-refractivity contribution >= 4 is 41.1 Å². The molecule has 1 fully saturated rings. The average Bonchev–Trinajstić information content (AvgIpc) is 2.96. The van der Waals surface area contributed by atoms with Gasteiger partial charge in [-0.05, 0) is 29.3 Å². The zero-order valence-electron chi connectivity index (χ0n) is 12.6. The lowest BCUT2D eigenvalue weighted by Crippen LogP contribution is -2.39. The number of amides is 2. The molecule has 0 spiro atoms. The first-order valence-electron chi connectivity index (χ1n) is 7.35. The molecule has 4 nitrogen and oxygen atoms in total. The Morgan fingerprint density at radius 3 is 2.62 bits per heavy atom. The van der Waals surface area contributed by atoms with Gasteiger partial charge < -0.3 is 0 Å². The maximum atomic E-state index is 12.5. The van der Waals surface area contributed by atoms with Crippen molar-refractivity contribution in [1.82, 2.24) is 10.4 Å². The average molecular weight is 361 g/mol. The van der Waals surface area contributed by atoms with E-state index >= 15 is 0 Å². The highest BCUT2D eigenvalue weighted by Gasteiger charge is 2.33. The number of halogens is 2. The minimum atomic E-state index is -0.323. The zero-order valence-corrected chi connectivity index (χ0v) is 14.1. The Bertz CT molecular complexity index is 806. The third-order valence-corrected chi connectivity index (χ3v) is 4.29. The molecule has 0 saturated carbocycles. The standard InChI is InChI=1S/C18H14Cl2N2O2/c19-14-8-6-12(15(20)10-14)7-9-18(24)22-16(11-17(23)21-22)13-4-2-1-3-5-13/h1-10,16H,11H2,(H,21,23). The molecule has 122 valence electrons. The lowest BCUT2D eigenvalue weighted by Gasteiger charge is -2.22. The number of rotatable bonds is 3. The highest BCUT2D eigenvalue weighted by molar-refractivity contribution is 6.35. The number of nitrogens with zero attached hydrogens (tertiary/aromatic N) is 1. The van der Waals surface area contributed by atoms with Crippen molar-refractivity contribution < 1.29 is 9.59 Å². The highest BCUT2D eigenvalue weighted by Crippen LogP contribution is 2.28. The molecule has 0 radical (unpaired) electrons. The molecule has 1 unspecified atom stereocenters. The molecule has 1 atom stereocenters. The molecule has 2 aromatic carbocycles. The molecule has 1 saturated heterocycles. The van der Waals surface area contributed by atoms with Crippen molar-refractivity contribution in [2.24, 2.45) is 0 Å². The van der Waals surface area contributed by atoms with E-state index in [4.69, 9.17) is 23.2 Å². The number of hydrazine groups is 1. The van der Waals surface area contributed by atoms with Gasteiger partial charge in [-0.3, -0.25) is 15.0 Å².